The van der Waals surface area contributed by atoms with Gasteiger partial charge in [0.15, 0.2) is 0 Å². The van der Waals surface area contributed by atoms with Gasteiger partial charge in [-0.05, 0) is 49.6 Å². The van der Waals surface area contributed by atoms with Crippen LogP contribution >= 0.6 is 0 Å². The number of sulfonamides is 1. The van der Waals surface area contributed by atoms with Gasteiger partial charge in [0.05, 0.1) is 17.2 Å². The number of nitrogens with zero attached hydrogens (tertiary/aromatic N) is 2. The Balaban J connectivity index is 2.07. The van der Waals surface area contributed by atoms with Gasteiger partial charge in [-0.25, -0.2) is 8.42 Å². The molecule has 0 aliphatic rings. The highest BCUT2D eigenvalue weighted by molar-refractivity contribution is 7.92. The number of rotatable bonds is 14. The van der Waals surface area contributed by atoms with Crippen molar-refractivity contribution in [2.75, 3.05) is 24.0 Å². The molecule has 2 amide bonds. The second-order valence-electron chi connectivity index (χ2n) is 8.95. The summed E-state index contributed by atoms with van der Waals surface area (Å²) in [6.07, 6.45) is 1.13. The summed E-state index contributed by atoms with van der Waals surface area (Å²) in [4.78, 5) is 28.7. The monoisotopic (exact) mass is 551 g/mol. The standard InChI is InChI=1S/C30H37N3O5S/c1-4-21-31-30(35)26(5-2)32(22-24-15-9-7-10-16-24)29(34)23-33(27-19-13-14-20-28(27)38-6-3)39(36,37)25-17-11-8-12-18-25/h7-20,26H,4-6,21-23H2,1-3H3,(H,31,35)/t26-/m0/s1. The number of hydrogen-bond acceptors (Lipinski definition) is 5. The summed E-state index contributed by atoms with van der Waals surface area (Å²) >= 11 is 0. The second-order valence-corrected chi connectivity index (χ2v) is 10.8. The van der Waals surface area contributed by atoms with Crippen molar-refractivity contribution >= 4 is 27.5 Å². The molecule has 0 unspecified atom stereocenters. The Morgan fingerprint density at radius 3 is 2.10 bits per heavy atom. The molecule has 3 rings (SSSR count). The summed E-state index contributed by atoms with van der Waals surface area (Å²) < 4.78 is 34.7. The van der Waals surface area contributed by atoms with E-state index in [4.69, 9.17) is 4.74 Å². The van der Waals surface area contributed by atoms with Crippen LogP contribution in [0, 0.1) is 0 Å². The Morgan fingerprint density at radius 1 is 0.872 bits per heavy atom. The number of nitrogens with one attached hydrogen (secondary N) is 1. The van der Waals surface area contributed by atoms with Crippen molar-refractivity contribution in [3.05, 3.63) is 90.5 Å². The first kappa shape index (κ1) is 29.7. The molecule has 0 radical (unpaired) electrons. The first-order valence-electron chi connectivity index (χ1n) is 13.2. The Labute approximate surface area is 231 Å². The van der Waals surface area contributed by atoms with Gasteiger partial charge in [-0.1, -0.05) is 74.5 Å². The number of carbonyl (C=O) groups is 2. The van der Waals surface area contributed by atoms with Crippen LogP contribution in [-0.2, 0) is 26.2 Å². The smallest absolute Gasteiger partial charge is 0.264 e. The minimum atomic E-state index is -4.16. The summed E-state index contributed by atoms with van der Waals surface area (Å²) in [6, 6.07) is 23.3. The van der Waals surface area contributed by atoms with Gasteiger partial charge in [0.2, 0.25) is 11.8 Å². The number of benzene rings is 3. The molecule has 0 saturated carbocycles. The number of hydrogen-bond donors (Lipinski definition) is 1. The molecular formula is C30H37N3O5S. The van der Waals surface area contributed by atoms with Crippen LogP contribution in [0.25, 0.3) is 0 Å². The molecule has 0 heterocycles. The summed E-state index contributed by atoms with van der Waals surface area (Å²) in [5.74, 6) is -0.423. The van der Waals surface area contributed by atoms with Crippen LogP contribution in [0.2, 0.25) is 0 Å². The summed E-state index contributed by atoms with van der Waals surface area (Å²) in [5, 5.41) is 2.89. The SMILES string of the molecule is CCCNC(=O)[C@H](CC)N(Cc1ccccc1)C(=O)CN(c1ccccc1OCC)S(=O)(=O)c1ccccc1. The average Bonchev–Trinajstić information content (AvgIpc) is 2.96. The zero-order valence-corrected chi connectivity index (χ0v) is 23.6. The van der Waals surface area contributed by atoms with Gasteiger partial charge >= 0.3 is 0 Å². The lowest BCUT2D eigenvalue weighted by Gasteiger charge is -2.33. The van der Waals surface area contributed by atoms with E-state index in [0.29, 0.717) is 25.3 Å². The van der Waals surface area contributed by atoms with E-state index < -0.39 is 28.5 Å². The van der Waals surface area contributed by atoms with E-state index >= 15 is 0 Å². The van der Waals surface area contributed by atoms with E-state index in [9.17, 15) is 18.0 Å². The minimum Gasteiger partial charge on any atom is -0.492 e. The van der Waals surface area contributed by atoms with E-state index in [-0.39, 0.29) is 23.0 Å². The molecule has 0 aliphatic heterocycles. The highest BCUT2D eigenvalue weighted by Gasteiger charge is 2.34. The molecule has 3 aromatic carbocycles. The number of para-hydroxylation sites is 2. The van der Waals surface area contributed by atoms with Crippen molar-refractivity contribution in [2.45, 2.75) is 51.1 Å². The van der Waals surface area contributed by atoms with Crippen molar-refractivity contribution in [3.63, 3.8) is 0 Å². The minimum absolute atomic E-state index is 0.0476. The molecule has 1 atom stereocenters. The quantitative estimate of drug-likeness (QED) is 0.316. The maximum atomic E-state index is 14.1. The van der Waals surface area contributed by atoms with Gasteiger partial charge in [-0.15, -0.1) is 0 Å². The topological polar surface area (TPSA) is 96.0 Å². The fourth-order valence-corrected chi connectivity index (χ4v) is 5.69. The van der Waals surface area contributed by atoms with Crippen LogP contribution in [-0.4, -0.2) is 50.9 Å². The molecule has 0 spiro atoms. The third-order valence-corrected chi connectivity index (χ3v) is 7.95. The lowest BCUT2D eigenvalue weighted by Crippen LogP contribution is -2.52. The predicted molar refractivity (Wildman–Crippen MR) is 153 cm³/mol. The average molecular weight is 552 g/mol. The number of ether oxygens (including phenoxy) is 1. The normalized spacial score (nSPS) is 11.9. The Hall–Kier alpha value is -3.85. The molecule has 208 valence electrons. The fraction of sp³-hybridized carbons (Fsp3) is 0.333. The van der Waals surface area contributed by atoms with Crippen LogP contribution in [0.5, 0.6) is 5.75 Å². The fourth-order valence-electron chi connectivity index (χ4n) is 4.24. The largest absolute Gasteiger partial charge is 0.492 e. The van der Waals surface area contributed by atoms with Gasteiger partial charge in [0.25, 0.3) is 10.0 Å². The van der Waals surface area contributed by atoms with Gasteiger partial charge in [-0.2, -0.15) is 0 Å². The summed E-state index contributed by atoms with van der Waals surface area (Å²) in [6.45, 7) is 6.05. The van der Waals surface area contributed by atoms with E-state index in [1.807, 2.05) is 44.2 Å². The van der Waals surface area contributed by atoms with Crippen LogP contribution < -0.4 is 14.4 Å². The highest BCUT2D eigenvalue weighted by atomic mass is 32.2. The second kappa shape index (κ2) is 14.3. The van der Waals surface area contributed by atoms with Gasteiger partial charge in [-0.3, -0.25) is 13.9 Å². The summed E-state index contributed by atoms with van der Waals surface area (Å²) in [5.41, 5.74) is 1.08. The van der Waals surface area contributed by atoms with Crippen LogP contribution in [0.3, 0.4) is 0 Å². The Morgan fingerprint density at radius 2 is 1.49 bits per heavy atom. The van der Waals surface area contributed by atoms with E-state index in [1.54, 1.807) is 49.4 Å². The Bertz CT molecular complexity index is 1320. The van der Waals surface area contributed by atoms with Crippen molar-refractivity contribution in [1.82, 2.24) is 10.2 Å². The molecule has 0 bridgehead atoms. The number of anilines is 1. The van der Waals surface area contributed by atoms with Crippen molar-refractivity contribution in [1.29, 1.82) is 0 Å². The van der Waals surface area contributed by atoms with Crippen molar-refractivity contribution in [2.24, 2.45) is 0 Å². The molecular weight excluding hydrogens is 514 g/mol. The zero-order chi connectivity index (χ0) is 28.3. The van der Waals surface area contributed by atoms with E-state index in [0.717, 1.165) is 16.3 Å². The molecule has 0 fully saturated rings. The lowest BCUT2D eigenvalue weighted by atomic mass is 10.1. The molecule has 39 heavy (non-hydrogen) atoms. The van der Waals surface area contributed by atoms with E-state index in [2.05, 4.69) is 5.32 Å². The maximum Gasteiger partial charge on any atom is 0.264 e. The first-order valence-corrected chi connectivity index (χ1v) is 14.7. The van der Waals surface area contributed by atoms with Crippen LogP contribution in [0.15, 0.2) is 89.8 Å². The lowest BCUT2D eigenvalue weighted by molar-refractivity contribution is -0.140. The van der Waals surface area contributed by atoms with Crippen molar-refractivity contribution in [3.8, 4) is 5.75 Å². The summed E-state index contributed by atoms with van der Waals surface area (Å²) in [7, 11) is -4.16. The maximum absolute atomic E-state index is 14.1. The molecule has 0 aliphatic carbocycles. The third kappa shape index (κ3) is 7.60. The van der Waals surface area contributed by atoms with Gasteiger partial charge < -0.3 is 15.0 Å². The molecule has 3 aromatic rings. The highest BCUT2D eigenvalue weighted by Crippen LogP contribution is 2.33. The van der Waals surface area contributed by atoms with E-state index in [1.165, 1.54) is 17.0 Å². The van der Waals surface area contributed by atoms with Crippen LogP contribution in [0.1, 0.15) is 39.2 Å². The molecule has 0 aromatic heterocycles. The molecule has 8 nitrogen and oxygen atoms in total. The number of carbonyl (C=O) groups excluding carboxylic acids is 2. The van der Waals surface area contributed by atoms with Crippen molar-refractivity contribution < 1.29 is 22.7 Å². The van der Waals surface area contributed by atoms with Crippen LogP contribution in [0.4, 0.5) is 5.69 Å². The zero-order valence-electron chi connectivity index (χ0n) is 22.7. The Kier molecular flexibility index (Phi) is 10.9. The molecule has 1 N–H and O–H groups in total. The van der Waals surface area contributed by atoms with Gasteiger partial charge in [0, 0.05) is 13.1 Å². The van der Waals surface area contributed by atoms with Gasteiger partial charge in [0.1, 0.15) is 18.3 Å². The molecule has 0 saturated heterocycles. The predicted octanol–water partition coefficient (Wildman–Crippen LogP) is 4.61. The molecule has 9 heteroatoms. The third-order valence-electron chi connectivity index (χ3n) is 6.17. The number of amides is 2. The first-order chi connectivity index (χ1) is 18.8.